The standard InChI is InChI=1S/C14H18ClN3O2/c1-2-5-16-7-10-3-4-12(11(15)6-10)18-8-13(19)17-14(20)9-18/h3-4,6,16H,2,5,7-9H2,1H3,(H,17,19,20). The molecule has 1 saturated heterocycles. The number of halogens is 1. The van der Waals surface area contributed by atoms with Gasteiger partial charge in [0.05, 0.1) is 23.8 Å². The molecular formula is C14H18ClN3O2. The fraction of sp³-hybridized carbons (Fsp3) is 0.429. The lowest BCUT2D eigenvalue weighted by Crippen LogP contribution is -2.51. The van der Waals surface area contributed by atoms with E-state index in [4.69, 9.17) is 11.6 Å². The fourth-order valence-corrected chi connectivity index (χ4v) is 2.46. The van der Waals surface area contributed by atoms with E-state index < -0.39 is 0 Å². The Bertz CT molecular complexity index is 503. The minimum atomic E-state index is -0.300. The van der Waals surface area contributed by atoms with Crippen molar-refractivity contribution in [3.8, 4) is 0 Å². The van der Waals surface area contributed by atoms with Crippen LogP contribution in [0.4, 0.5) is 5.69 Å². The molecule has 0 bridgehead atoms. The third-order valence-corrected chi connectivity index (χ3v) is 3.36. The molecule has 0 spiro atoms. The van der Waals surface area contributed by atoms with Crippen LogP contribution in [0.25, 0.3) is 0 Å². The highest BCUT2D eigenvalue weighted by Gasteiger charge is 2.23. The molecule has 0 aromatic heterocycles. The van der Waals surface area contributed by atoms with Crippen LogP contribution in [0.2, 0.25) is 5.02 Å². The molecule has 1 aromatic carbocycles. The molecule has 0 saturated carbocycles. The number of benzene rings is 1. The van der Waals surface area contributed by atoms with Crippen LogP contribution in [0.15, 0.2) is 18.2 Å². The molecule has 0 atom stereocenters. The van der Waals surface area contributed by atoms with Crippen LogP contribution in [0.1, 0.15) is 18.9 Å². The topological polar surface area (TPSA) is 61.4 Å². The van der Waals surface area contributed by atoms with Gasteiger partial charge in [-0.25, -0.2) is 0 Å². The highest BCUT2D eigenvalue weighted by Crippen LogP contribution is 2.27. The Kier molecular flexibility index (Phi) is 4.98. The maximum Gasteiger partial charge on any atom is 0.246 e. The smallest absolute Gasteiger partial charge is 0.246 e. The highest BCUT2D eigenvalue weighted by molar-refractivity contribution is 6.33. The zero-order valence-corrected chi connectivity index (χ0v) is 12.2. The van der Waals surface area contributed by atoms with Crippen molar-refractivity contribution >= 4 is 29.1 Å². The first kappa shape index (κ1) is 14.8. The molecule has 0 aliphatic carbocycles. The molecule has 1 aromatic rings. The molecule has 20 heavy (non-hydrogen) atoms. The van der Waals surface area contributed by atoms with Gasteiger partial charge in [0.2, 0.25) is 11.8 Å². The average molecular weight is 296 g/mol. The summed E-state index contributed by atoms with van der Waals surface area (Å²) in [7, 11) is 0. The Morgan fingerprint density at radius 1 is 1.30 bits per heavy atom. The number of carbonyl (C=O) groups is 2. The van der Waals surface area contributed by atoms with Gasteiger partial charge in [-0.1, -0.05) is 24.6 Å². The molecule has 5 nitrogen and oxygen atoms in total. The predicted octanol–water partition coefficient (Wildman–Crippen LogP) is 1.30. The lowest BCUT2D eigenvalue weighted by Gasteiger charge is -2.28. The van der Waals surface area contributed by atoms with E-state index >= 15 is 0 Å². The third-order valence-electron chi connectivity index (χ3n) is 3.06. The molecule has 2 rings (SSSR count). The van der Waals surface area contributed by atoms with E-state index in [1.54, 1.807) is 4.90 Å². The minimum absolute atomic E-state index is 0.152. The normalized spacial score (nSPS) is 15.4. The zero-order chi connectivity index (χ0) is 14.5. The largest absolute Gasteiger partial charge is 0.352 e. The zero-order valence-electron chi connectivity index (χ0n) is 11.4. The van der Waals surface area contributed by atoms with Crippen molar-refractivity contribution in [3.05, 3.63) is 28.8 Å². The van der Waals surface area contributed by atoms with Gasteiger partial charge in [-0.05, 0) is 30.7 Å². The fourth-order valence-electron chi connectivity index (χ4n) is 2.13. The van der Waals surface area contributed by atoms with Crippen LogP contribution in [0, 0.1) is 0 Å². The minimum Gasteiger partial charge on any atom is -0.352 e. The molecule has 0 unspecified atom stereocenters. The lowest BCUT2D eigenvalue weighted by molar-refractivity contribution is -0.130. The van der Waals surface area contributed by atoms with E-state index in [9.17, 15) is 9.59 Å². The molecule has 1 heterocycles. The van der Waals surface area contributed by atoms with E-state index in [1.807, 2.05) is 18.2 Å². The van der Waals surface area contributed by atoms with Gasteiger partial charge in [0.1, 0.15) is 0 Å². The summed E-state index contributed by atoms with van der Waals surface area (Å²) >= 11 is 6.26. The van der Waals surface area contributed by atoms with Crippen LogP contribution in [-0.2, 0) is 16.1 Å². The summed E-state index contributed by atoms with van der Waals surface area (Å²) in [5, 5.41) is 6.13. The monoisotopic (exact) mass is 295 g/mol. The number of imide groups is 1. The van der Waals surface area contributed by atoms with Crippen molar-refractivity contribution in [2.75, 3.05) is 24.5 Å². The van der Waals surface area contributed by atoms with Crippen molar-refractivity contribution in [3.63, 3.8) is 0 Å². The molecule has 1 aliphatic rings. The number of rotatable bonds is 5. The van der Waals surface area contributed by atoms with E-state index in [-0.39, 0.29) is 24.9 Å². The van der Waals surface area contributed by atoms with Crippen molar-refractivity contribution in [2.45, 2.75) is 19.9 Å². The Morgan fingerprint density at radius 3 is 2.60 bits per heavy atom. The quantitative estimate of drug-likeness (QED) is 0.635. The van der Waals surface area contributed by atoms with Crippen LogP contribution in [-0.4, -0.2) is 31.4 Å². The Labute approximate surface area is 123 Å². The summed E-state index contributed by atoms with van der Waals surface area (Å²) < 4.78 is 0. The van der Waals surface area contributed by atoms with Crippen LogP contribution in [0.5, 0.6) is 0 Å². The second-order valence-electron chi connectivity index (χ2n) is 4.79. The number of carbonyl (C=O) groups excluding carboxylic acids is 2. The molecule has 1 aliphatic heterocycles. The molecule has 1 fully saturated rings. The van der Waals surface area contributed by atoms with Gasteiger partial charge in [0, 0.05) is 6.54 Å². The van der Waals surface area contributed by atoms with Gasteiger partial charge in [-0.15, -0.1) is 0 Å². The second-order valence-corrected chi connectivity index (χ2v) is 5.20. The van der Waals surface area contributed by atoms with Crippen molar-refractivity contribution in [1.82, 2.24) is 10.6 Å². The molecule has 0 radical (unpaired) electrons. The number of anilines is 1. The summed E-state index contributed by atoms with van der Waals surface area (Å²) in [4.78, 5) is 24.5. The summed E-state index contributed by atoms with van der Waals surface area (Å²) in [6.07, 6.45) is 1.08. The molecule has 6 heteroatoms. The van der Waals surface area contributed by atoms with Crippen molar-refractivity contribution < 1.29 is 9.59 Å². The first-order valence-corrected chi connectivity index (χ1v) is 7.04. The van der Waals surface area contributed by atoms with Crippen LogP contribution < -0.4 is 15.5 Å². The van der Waals surface area contributed by atoms with Crippen LogP contribution >= 0.6 is 11.6 Å². The SMILES string of the molecule is CCCNCc1ccc(N2CC(=O)NC(=O)C2)c(Cl)c1. The molecule has 108 valence electrons. The van der Waals surface area contributed by atoms with Gasteiger partial charge in [-0.2, -0.15) is 0 Å². The highest BCUT2D eigenvalue weighted by atomic mass is 35.5. The Morgan fingerprint density at radius 2 is 2.00 bits per heavy atom. The van der Waals surface area contributed by atoms with E-state index in [1.165, 1.54) is 0 Å². The number of amides is 2. The lowest BCUT2D eigenvalue weighted by atomic mass is 10.1. The maximum atomic E-state index is 11.4. The first-order valence-electron chi connectivity index (χ1n) is 6.67. The van der Waals surface area contributed by atoms with Gasteiger partial charge < -0.3 is 10.2 Å². The summed E-state index contributed by atoms with van der Waals surface area (Å²) in [5.41, 5.74) is 1.80. The summed E-state index contributed by atoms with van der Waals surface area (Å²) in [6.45, 7) is 4.13. The summed E-state index contributed by atoms with van der Waals surface area (Å²) in [5.74, 6) is -0.600. The first-order chi connectivity index (χ1) is 9.60. The average Bonchev–Trinajstić information content (AvgIpc) is 2.38. The molecule has 2 N–H and O–H groups in total. The number of nitrogens with zero attached hydrogens (tertiary/aromatic N) is 1. The van der Waals surface area contributed by atoms with E-state index in [0.29, 0.717) is 10.7 Å². The van der Waals surface area contributed by atoms with Crippen molar-refractivity contribution in [1.29, 1.82) is 0 Å². The molecule has 2 amide bonds. The number of nitrogens with one attached hydrogen (secondary N) is 2. The third kappa shape index (κ3) is 3.71. The van der Waals surface area contributed by atoms with Gasteiger partial charge >= 0.3 is 0 Å². The summed E-state index contributed by atoms with van der Waals surface area (Å²) in [6, 6.07) is 5.69. The Balaban J connectivity index is 2.09. The molecular weight excluding hydrogens is 278 g/mol. The second kappa shape index (κ2) is 6.72. The Hall–Kier alpha value is -1.59. The van der Waals surface area contributed by atoms with E-state index in [0.717, 1.165) is 25.1 Å². The maximum absolute atomic E-state index is 11.4. The van der Waals surface area contributed by atoms with Gasteiger partial charge in [0.15, 0.2) is 0 Å². The number of hydrogen-bond acceptors (Lipinski definition) is 4. The van der Waals surface area contributed by atoms with E-state index in [2.05, 4.69) is 17.6 Å². The van der Waals surface area contributed by atoms with Crippen LogP contribution in [0.3, 0.4) is 0 Å². The number of piperazine rings is 1. The van der Waals surface area contributed by atoms with Gasteiger partial charge in [-0.3, -0.25) is 14.9 Å². The van der Waals surface area contributed by atoms with Gasteiger partial charge in [0.25, 0.3) is 0 Å². The predicted molar refractivity (Wildman–Crippen MR) is 78.8 cm³/mol. The van der Waals surface area contributed by atoms with Crippen molar-refractivity contribution in [2.24, 2.45) is 0 Å². The number of hydrogen-bond donors (Lipinski definition) is 2.